The van der Waals surface area contributed by atoms with Crippen LogP contribution in [0.1, 0.15) is 90.5 Å². The van der Waals surface area contributed by atoms with E-state index in [-0.39, 0.29) is 46.4 Å². The number of aromatic nitrogens is 5. The first-order chi connectivity index (χ1) is 22.0. The monoisotopic (exact) mass is 612 g/mol. The van der Waals surface area contributed by atoms with Gasteiger partial charge in [-0.3, -0.25) is 4.79 Å². The number of halogens is 4. The molecule has 1 aliphatic heterocycles. The zero-order valence-electron chi connectivity index (χ0n) is 27.0. The summed E-state index contributed by atoms with van der Waals surface area (Å²) in [4.78, 5) is 31.0. The van der Waals surface area contributed by atoms with Crippen LogP contribution in [0.5, 0.6) is 0 Å². The summed E-state index contributed by atoms with van der Waals surface area (Å²) in [6.45, 7) is -6.10. The summed E-state index contributed by atoms with van der Waals surface area (Å²) in [5, 5.41) is 16.1. The van der Waals surface area contributed by atoms with Crippen LogP contribution in [0.25, 0.3) is 5.65 Å². The van der Waals surface area contributed by atoms with Crippen molar-refractivity contribution in [1.29, 1.82) is 0 Å². The molecule has 0 aromatic carbocycles. The SMILES string of the molecule is [2H]C1([2H])NC(=O)N([C@H](COC2CC2)c2cnn3cc([C@@H](NC(=O)c4nonc4CC)C4CCC(F)(F)CC4)nc3c2)C([2H])([2H])C1(F)F. The van der Waals surface area contributed by atoms with Gasteiger partial charge in [0.1, 0.15) is 5.69 Å². The summed E-state index contributed by atoms with van der Waals surface area (Å²) >= 11 is 0. The largest absolute Gasteiger partial charge is 0.376 e. The number of fused-ring (bicyclic) bond motifs is 1. The smallest absolute Gasteiger partial charge is 0.318 e. The van der Waals surface area contributed by atoms with Gasteiger partial charge >= 0.3 is 6.03 Å². The van der Waals surface area contributed by atoms with E-state index in [1.165, 1.54) is 23.0 Å². The molecule has 2 aliphatic carbocycles. The number of aryl methyl sites for hydroxylation is 1. The van der Waals surface area contributed by atoms with Crippen molar-refractivity contribution in [3.8, 4) is 0 Å². The number of nitrogens with one attached hydrogen (secondary N) is 2. The Balaban J connectivity index is 1.35. The molecule has 1 saturated heterocycles. The molecule has 2 saturated carbocycles. The summed E-state index contributed by atoms with van der Waals surface area (Å²) in [6.07, 6.45) is 3.57. The molecule has 12 nitrogen and oxygen atoms in total. The Morgan fingerprint density at radius 2 is 2.00 bits per heavy atom. The van der Waals surface area contributed by atoms with Crippen molar-refractivity contribution in [1.82, 2.24) is 40.4 Å². The minimum Gasteiger partial charge on any atom is -0.376 e. The fourth-order valence-corrected chi connectivity index (χ4v) is 5.32. The number of rotatable bonds is 10. The lowest BCUT2D eigenvalue weighted by Crippen LogP contribution is -2.58. The van der Waals surface area contributed by atoms with Gasteiger partial charge in [0, 0.05) is 18.4 Å². The number of alkyl halides is 4. The average molecular weight is 613 g/mol. The van der Waals surface area contributed by atoms with Crippen LogP contribution in [0.4, 0.5) is 22.4 Å². The number of hydrogen-bond donors (Lipinski definition) is 2. The Labute approximate surface area is 249 Å². The number of hydrogen-bond acceptors (Lipinski definition) is 8. The summed E-state index contributed by atoms with van der Waals surface area (Å²) in [5.74, 6) is -8.60. The second-order valence-corrected chi connectivity index (χ2v) is 11.0. The lowest BCUT2D eigenvalue weighted by molar-refractivity contribution is -0.0542. The van der Waals surface area contributed by atoms with Crippen LogP contribution in [0.2, 0.25) is 0 Å². The van der Waals surface area contributed by atoms with Crippen LogP contribution in [-0.4, -0.2) is 79.3 Å². The topological polar surface area (TPSA) is 140 Å². The molecule has 3 amide bonds. The third-order valence-electron chi connectivity index (χ3n) is 7.82. The van der Waals surface area contributed by atoms with Crippen LogP contribution in [0, 0.1) is 5.92 Å². The standard InChI is InChI=1S/C27H32F4N8O4/c1-2-18-23(37-43-36-18)24(40)35-22(15-5-7-26(28,29)8-6-15)19-11-39-21(34-19)9-16(10-33-39)20(12-42-17-3-4-17)38-14-27(30,31)13-32-25(38)41/h9-11,15,17,20,22H,2-8,12-14H2,1H3,(H,32,41)(H,35,40)/t20-,22+/m1/s1/i13D2,14D2. The van der Waals surface area contributed by atoms with E-state index in [0.717, 1.165) is 0 Å². The van der Waals surface area contributed by atoms with E-state index in [9.17, 15) is 18.4 Å². The number of imidazole rings is 1. The first-order valence-electron chi connectivity index (χ1n) is 16.0. The molecule has 6 rings (SSSR count). The van der Waals surface area contributed by atoms with Gasteiger partial charge in [0.15, 0.2) is 11.3 Å². The number of carbonyl (C=O) groups is 2. The van der Waals surface area contributed by atoms with E-state index in [2.05, 4.69) is 25.7 Å². The van der Waals surface area contributed by atoms with E-state index in [4.69, 9.17) is 14.8 Å². The van der Waals surface area contributed by atoms with Gasteiger partial charge in [-0.2, -0.15) is 5.10 Å². The Morgan fingerprint density at radius 1 is 1.23 bits per heavy atom. The molecule has 232 valence electrons. The maximum Gasteiger partial charge on any atom is 0.318 e. The van der Waals surface area contributed by atoms with E-state index in [0.29, 0.717) is 25.0 Å². The average Bonchev–Trinajstić information content (AvgIpc) is 3.52. The third kappa shape index (κ3) is 6.43. The molecule has 3 aliphatic rings. The summed E-state index contributed by atoms with van der Waals surface area (Å²) in [5.41, 5.74) is 0.678. The second-order valence-electron chi connectivity index (χ2n) is 11.0. The normalized spacial score (nSPS) is 25.6. The highest BCUT2D eigenvalue weighted by Crippen LogP contribution is 2.41. The molecule has 3 aromatic heterocycles. The summed E-state index contributed by atoms with van der Waals surface area (Å²) < 4.78 is 102. The molecule has 0 radical (unpaired) electrons. The number of nitrogens with zero attached hydrogens (tertiary/aromatic N) is 6. The van der Waals surface area contributed by atoms with Crippen LogP contribution in [-0.2, 0) is 11.2 Å². The van der Waals surface area contributed by atoms with Crippen molar-refractivity contribution in [2.24, 2.45) is 5.92 Å². The molecule has 3 aromatic rings. The van der Waals surface area contributed by atoms with Crippen molar-refractivity contribution >= 4 is 17.6 Å². The van der Waals surface area contributed by atoms with Gasteiger partial charge in [0.2, 0.25) is 5.92 Å². The summed E-state index contributed by atoms with van der Waals surface area (Å²) in [7, 11) is 0. The van der Waals surface area contributed by atoms with Gasteiger partial charge in [-0.25, -0.2) is 36.5 Å². The number of urea groups is 1. The van der Waals surface area contributed by atoms with Crippen molar-refractivity contribution < 1.29 is 42.0 Å². The Hall–Kier alpha value is -3.82. The Morgan fingerprint density at radius 3 is 2.72 bits per heavy atom. The molecule has 0 spiro atoms. The molecule has 0 unspecified atom stereocenters. The predicted octanol–water partition coefficient (Wildman–Crippen LogP) is 3.85. The third-order valence-corrected chi connectivity index (χ3v) is 7.82. The van der Waals surface area contributed by atoms with E-state index in [1.54, 1.807) is 12.2 Å². The lowest BCUT2D eigenvalue weighted by Gasteiger charge is -2.38. The van der Waals surface area contributed by atoms with Crippen LogP contribution < -0.4 is 10.6 Å². The fourth-order valence-electron chi connectivity index (χ4n) is 5.32. The first kappa shape index (κ1) is 24.6. The molecule has 4 heterocycles. The van der Waals surface area contributed by atoms with Crippen molar-refractivity contribution in [2.45, 2.75) is 81.9 Å². The van der Waals surface area contributed by atoms with Gasteiger partial charge in [0.05, 0.1) is 61.4 Å². The fraction of sp³-hybridized carbons (Fsp3) is 0.630. The van der Waals surface area contributed by atoms with E-state index in [1.807, 2.05) is 0 Å². The Bertz CT molecular complexity index is 1660. The molecule has 3 fully saturated rings. The van der Waals surface area contributed by atoms with E-state index >= 15 is 8.78 Å². The highest BCUT2D eigenvalue weighted by Gasteiger charge is 2.43. The van der Waals surface area contributed by atoms with Crippen LogP contribution >= 0.6 is 0 Å². The highest BCUT2D eigenvalue weighted by molar-refractivity contribution is 5.93. The number of amides is 3. The highest BCUT2D eigenvalue weighted by atomic mass is 19.3. The Kier molecular flexibility index (Phi) is 6.50. The quantitative estimate of drug-likeness (QED) is 0.329. The van der Waals surface area contributed by atoms with E-state index < -0.39 is 74.2 Å². The van der Waals surface area contributed by atoms with Gasteiger partial charge in [0.25, 0.3) is 11.8 Å². The molecule has 2 atom stereocenters. The van der Waals surface area contributed by atoms with Crippen LogP contribution in [0.15, 0.2) is 23.1 Å². The predicted molar refractivity (Wildman–Crippen MR) is 141 cm³/mol. The minimum absolute atomic E-state index is 0.0587. The maximum atomic E-state index is 15.1. The van der Waals surface area contributed by atoms with Gasteiger partial charge in [-0.1, -0.05) is 12.1 Å². The molecule has 43 heavy (non-hydrogen) atoms. The zero-order chi connectivity index (χ0) is 33.9. The van der Waals surface area contributed by atoms with Gasteiger partial charge in [-0.05, 0) is 49.2 Å². The zero-order valence-corrected chi connectivity index (χ0v) is 23.0. The van der Waals surface area contributed by atoms with Crippen LogP contribution in [0.3, 0.4) is 0 Å². The summed E-state index contributed by atoms with van der Waals surface area (Å²) in [6, 6.07) is -2.38. The lowest BCUT2D eigenvalue weighted by atomic mass is 9.81. The second kappa shape index (κ2) is 11.4. The number of carbonyl (C=O) groups excluding carboxylic acids is 2. The van der Waals surface area contributed by atoms with Crippen molar-refractivity contribution in [2.75, 3.05) is 19.6 Å². The first-order valence-corrected chi connectivity index (χ1v) is 14.0. The molecule has 0 bridgehead atoms. The van der Waals surface area contributed by atoms with Crippen molar-refractivity contribution in [3.05, 3.63) is 41.1 Å². The molecular weight excluding hydrogens is 576 g/mol. The molecule has 16 heteroatoms. The molecule has 2 N–H and O–H groups in total. The van der Waals surface area contributed by atoms with Gasteiger partial charge in [-0.15, -0.1) is 0 Å². The van der Waals surface area contributed by atoms with Gasteiger partial charge < -0.3 is 20.3 Å². The van der Waals surface area contributed by atoms with Crippen molar-refractivity contribution in [3.63, 3.8) is 0 Å². The minimum atomic E-state index is -4.66. The number of ether oxygens (including phenoxy) is 1. The maximum absolute atomic E-state index is 15.1. The molecular formula is C27H32F4N8O4.